The van der Waals surface area contributed by atoms with Gasteiger partial charge in [0.1, 0.15) is 11.4 Å². The molecule has 0 amide bonds. The van der Waals surface area contributed by atoms with Crippen LogP contribution in [0.4, 0.5) is 0 Å². The molecule has 2 aromatic heterocycles. The number of para-hydroxylation sites is 2. The predicted molar refractivity (Wildman–Crippen MR) is 177 cm³/mol. The number of nitrogens with zero attached hydrogens (tertiary/aromatic N) is 4. The second kappa shape index (κ2) is 12.7. The van der Waals surface area contributed by atoms with Gasteiger partial charge in [-0.1, -0.05) is 126 Å². The molecule has 0 radical (unpaired) electrons. The van der Waals surface area contributed by atoms with Gasteiger partial charge in [0, 0.05) is 34.5 Å². The molecule has 212 valence electrons. The number of fused-ring (bicyclic) bond motifs is 1. The van der Waals surface area contributed by atoms with E-state index in [1.165, 1.54) is 11.1 Å². The molecule has 7 rings (SSSR count). The maximum atomic E-state index is 6.69. The van der Waals surface area contributed by atoms with E-state index in [4.69, 9.17) is 23.2 Å². The summed E-state index contributed by atoms with van der Waals surface area (Å²) >= 11 is 12.6. The summed E-state index contributed by atoms with van der Waals surface area (Å²) in [5, 5.41) is 1.50. The zero-order valence-electron chi connectivity index (χ0n) is 23.7. The molecule has 2 heterocycles. The summed E-state index contributed by atoms with van der Waals surface area (Å²) in [6.07, 6.45) is 5.64. The summed E-state index contributed by atoms with van der Waals surface area (Å²) in [5.74, 6) is 1.03. The molecule has 6 heteroatoms. The average molecular weight is 602 g/mol. The minimum absolute atomic E-state index is 0.586. The molecule has 0 atom stereocenters. The van der Waals surface area contributed by atoms with Crippen LogP contribution in [0.1, 0.15) is 28.1 Å². The summed E-state index contributed by atoms with van der Waals surface area (Å²) < 4.78 is 4.34. The summed E-state index contributed by atoms with van der Waals surface area (Å²) in [6.45, 7) is 2.86. The molecule has 0 N–H and O–H groups in total. The molecular weight excluding hydrogens is 571 g/mol. The Morgan fingerprint density at radius 1 is 0.674 bits per heavy atom. The molecule has 5 aromatic carbocycles. The number of aromatic nitrogens is 4. The molecule has 0 aliphatic rings. The van der Waals surface area contributed by atoms with E-state index in [9.17, 15) is 0 Å². The fourth-order valence-corrected chi connectivity index (χ4v) is 6.05. The molecular formula is C37H30Cl2N4. The number of hydrogen-bond acceptors (Lipinski definition) is 2. The van der Waals surface area contributed by atoms with Gasteiger partial charge in [-0.3, -0.25) is 0 Å². The van der Waals surface area contributed by atoms with E-state index in [2.05, 4.69) is 91.9 Å². The maximum absolute atomic E-state index is 6.69. The van der Waals surface area contributed by atoms with Crippen molar-refractivity contribution in [3.63, 3.8) is 0 Å². The number of imidazole rings is 2. The lowest BCUT2D eigenvalue weighted by atomic mass is 9.76. The minimum atomic E-state index is -0.586. The zero-order valence-corrected chi connectivity index (χ0v) is 25.2. The second-order valence-electron chi connectivity index (χ2n) is 10.3. The third-order valence-electron chi connectivity index (χ3n) is 7.64. The van der Waals surface area contributed by atoms with Crippen molar-refractivity contribution in [2.75, 3.05) is 0 Å². The molecule has 0 aliphatic carbocycles. The molecule has 7 aromatic rings. The Balaban J connectivity index is 0.000000162. The van der Waals surface area contributed by atoms with E-state index in [0.29, 0.717) is 0 Å². The third kappa shape index (κ3) is 5.72. The van der Waals surface area contributed by atoms with E-state index in [1.807, 2.05) is 80.1 Å². The Morgan fingerprint density at radius 2 is 1.28 bits per heavy atom. The van der Waals surface area contributed by atoms with Crippen molar-refractivity contribution < 1.29 is 0 Å². The van der Waals surface area contributed by atoms with E-state index in [1.54, 1.807) is 6.20 Å². The highest BCUT2D eigenvalue weighted by molar-refractivity contribution is 6.31. The Bertz CT molecular complexity index is 1870. The largest absolute Gasteiger partial charge is 0.324 e. The van der Waals surface area contributed by atoms with Crippen LogP contribution in [0.2, 0.25) is 10.0 Å². The fraction of sp³-hybridized carbons (Fsp3) is 0.0811. The van der Waals surface area contributed by atoms with Gasteiger partial charge >= 0.3 is 0 Å². The van der Waals surface area contributed by atoms with Crippen molar-refractivity contribution in [3.05, 3.63) is 190 Å². The highest BCUT2D eigenvalue weighted by Gasteiger charge is 2.39. The lowest BCUT2D eigenvalue weighted by Crippen LogP contribution is -2.37. The van der Waals surface area contributed by atoms with E-state index >= 15 is 0 Å². The molecule has 43 heavy (non-hydrogen) atoms. The lowest BCUT2D eigenvalue weighted by molar-refractivity contribution is 0.515. The van der Waals surface area contributed by atoms with Crippen LogP contribution >= 0.6 is 23.2 Å². The van der Waals surface area contributed by atoms with Crippen LogP contribution in [0.5, 0.6) is 0 Å². The highest BCUT2D eigenvalue weighted by Crippen LogP contribution is 2.43. The first-order valence-electron chi connectivity index (χ1n) is 14.1. The Hall–Kier alpha value is -4.64. The molecule has 0 fully saturated rings. The number of halogens is 2. The monoisotopic (exact) mass is 600 g/mol. The number of benzene rings is 5. The van der Waals surface area contributed by atoms with Crippen molar-refractivity contribution in [1.29, 1.82) is 0 Å². The minimum Gasteiger partial charge on any atom is -0.324 e. The lowest BCUT2D eigenvalue weighted by Gasteiger charge is -2.37. The Kier molecular flexibility index (Phi) is 8.41. The van der Waals surface area contributed by atoms with Crippen LogP contribution in [-0.2, 0) is 12.1 Å². The standard InChI is InChI=1S/C22H17ClN2.C15H13ClN2/c23-21-14-8-7-13-20(21)22(25-16-15-24-17-25,18-9-3-1-4-10-18)19-11-5-2-6-12-19;1-11-17-14-4-2-3-5-15(14)18(11)10-12-6-8-13(16)9-7-12/h1-17H;2-9H,10H2,1H3. The van der Waals surface area contributed by atoms with Gasteiger partial charge in [0.25, 0.3) is 0 Å². The molecule has 0 saturated heterocycles. The summed E-state index contributed by atoms with van der Waals surface area (Å²) in [4.78, 5) is 8.88. The highest BCUT2D eigenvalue weighted by atomic mass is 35.5. The average Bonchev–Trinajstić information content (AvgIpc) is 3.70. The second-order valence-corrected chi connectivity index (χ2v) is 11.1. The van der Waals surface area contributed by atoms with Crippen LogP contribution in [0.3, 0.4) is 0 Å². The van der Waals surface area contributed by atoms with Crippen molar-refractivity contribution in [3.8, 4) is 0 Å². The van der Waals surface area contributed by atoms with Crippen LogP contribution in [0.15, 0.2) is 152 Å². The molecule has 0 bridgehead atoms. The van der Waals surface area contributed by atoms with Gasteiger partial charge in [0.05, 0.1) is 17.4 Å². The number of hydrogen-bond donors (Lipinski definition) is 0. The first kappa shape index (κ1) is 28.5. The van der Waals surface area contributed by atoms with E-state index in [-0.39, 0.29) is 0 Å². The van der Waals surface area contributed by atoms with Gasteiger partial charge in [-0.25, -0.2) is 9.97 Å². The molecule has 0 unspecified atom stereocenters. The van der Waals surface area contributed by atoms with Gasteiger partial charge < -0.3 is 9.13 Å². The van der Waals surface area contributed by atoms with Crippen molar-refractivity contribution in [2.24, 2.45) is 0 Å². The zero-order chi connectivity index (χ0) is 29.6. The molecule has 4 nitrogen and oxygen atoms in total. The molecule has 0 saturated carbocycles. The molecule has 0 spiro atoms. The van der Waals surface area contributed by atoms with Gasteiger partial charge in [-0.15, -0.1) is 0 Å². The smallest absolute Gasteiger partial charge is 0.123 e. The normalized spacial score (nSPS) is 11.2. The number of rotatable bonds is 6. The summed E-state index contributed by atoms with van der Waals surface area (Å²) in [5.41, 5.74) is 6.14. The fourth-order valence-electron chi connectivity index (χ4n) is 5.65. The van der Waals surface area contributed by atoms with Crippen molar-refractivity contribution >= 4 is 34.2 Å². The van der Waals surface area contributed by atoms with Gasteiger partial charge in [0.15, 0.2) is 0 Å². The summed E-state index contributed by atoms with van der Waals surface area (Å²) in [6, 6.07) is 45.0. The van der Waals surface area contributed by atoms with Gasteiger partial charge in [-0.05, 0) is 53.9 Å². The van der Waals surface area contributed by atoms with Gasteiger partial charge in [0.2, 0.25) is 0 Å². The summed E-state index contributed by atoms with van der Waals surface area (Å²) in [7, 11) is 0. The number of aryl methyl sites for hydroxylation is 1. The third-order valence-corrected chi connectivity index (χ3v) is 8.22. The predicted octanol–water partition coefficient (Wildman–Crippen LogP) is 9.42. The van der Waals surface area contributed by atoms with Crippen molar-refractivity contribution in [2.45, 2.75) is 19.0 Å². The van der Waals surface area contributed by atoms with Crippen LogP contribution < -0.4 is 0 Å². The van der Waals surface area contributed by atoms with E-state index in [0.717, 1.165) is 44.6 Å². The quantitative estimate of drug-likeness (QED) is 0.178. The topological polar surface area (TPSA) is 35.6 Å². The van der Waals surface area contributed by atoms with Crippen molar-refractivity contribution in [1.82, 2.24) is 19.1 Å². The van der Waals surface area contributed by atoms with Gasteiger partial charge in [-0.2, -0.15) is 0 Å². The van der Waals surface area contributed by atoms with Crippen LogP contribution in [0.25, 0.3) is 11.0 Å². The maximum Gasteiger partial charge on any atom is 0.123 e. The van der Waals surface area contributed by atoms with Crippen LogP contribution in [-0.4, -0.2) is 19.1 Å². The van der Waals surface area contributed by atoms with Crippen LogP contribution in [0, 0.1) is 6.92 Å². The Morgan fingerprint density at radius 3 is 1.91 bits per heavy atom. The first-order chi connectivity index (χ1) is 21.1. The Labute approximate surface area is 261 Å². The van der Waals surface area contributed by atoms with E-state index < -0.39 is 5.54 Å². The molecule has 0 aliphatic heterocycles. The first-order valence-corrected chi connectivity index (χ1v) is 14.8. The SMILES string of the molecule is Cc1nc2ccccc2n1Cc1ccc(Cl)cc1.Clc1ccccc1C(c1ccccc1)(c1ccccc1)n1ccnc1.